The van der Waals surface area contributed by atoms with Crippen molar-refractivity contribution in [1.29, 1.82) is 0 Å². The van der Waals surface area contributed by atoms with Gasteiger partial charge in [-0.15, -0.1) is 11.1 Å². The number of nitrogens with zero attached hydrogens (tertiary/aromatic N) is 4. The van der Waals surface area contributed by atoms with Gasteiger partial charge < -0.3 is 9.80 Å². The monoisotopic (exact) mass is 762 g/mol. The maximum absolute atomic E-state index is 8.46. The van der Waals surface area contributed by atoms with Gasteiger partial charge in [-0.05, 0) is 67.0 Å². The maximum atomic E-state index is 8.46. The molecule has 4 heterocycles. The van der Waals surface area contributed by atoms with Crippen LogP contribution in [0, 0.1) is 26.0 Å². The zero-order chi connectivity index (χ0) is 33.9. The van der Waals surface area contributed by atoms with E-state index in [4.69, 9.17) is 16.8 Å². The van der Waals surface area contributed by atoms with Crippen LogP contribution in [0.2, 0.25) is 0 Å². The third-order valence-corrected chi connectivity index (χ3v) is 8.88. The van der Waals surface area contributed by atoms with Crippen LogP contribution in [0.5, 0.6) is 0 Å². The first-order valence-corrected chi connectivity index (χ1v) is 15.1. The average molecular weight is 763 g/mol. The van der Waals surface area contributed by atoms with Gasteiger partial charge in [0.1, 0.15) is 11.6 Å². The molecular weight excluding hydrogens is 720 g/mol. The molecular formula is C39H38N4Pt. The minimum atomic E-state index is -0.399. The van der Waals surface area contributed by atoms with Crippen molar-refractivity contribution in [2.24, 2.45) is 0 Å². The average Bonchev–Trinajstić information content (AvgIpc) is 3.09. The van der Waals surface area contributed by atoms with E-state index < -0.39 is 6.04 Å². The smallest absolute Gasteiger partial charge is 0.350 e. The van der Waals surface area contributed by atoms with Crippen molar-refractivity contribution in [3.05, 3.63) is 131 Å². The van der Waals surface area contributed by atoms with Gasteiger partial charge in [0.05, 0.1) is 6.85 Å². The van der Waals surface area contributed by atoms with E-state index in [-0.39, 0.29) is 56.2 Å². The Morgan fingerprint density at radius 1 is 0.773 bits per heavy atom. The Kier molecular flexibility index (Phi) is 6.88. The van der Waals surface area contributed by atoms with Crippen molar-refractivity contribution >= 4 is 23.0 Å². The van der Waals surface area contributed by atoms with Gasteiger partial charge >= 0.3 is 21.1 Å². The van der Waals surface area contributed by atoms with Gasteiger partial charge in [0.25, 0.3) is 0 Å². The Hall–Kier alpha value is -3.75. The number of anilines is 4. The maximum Gasteiger partial charge on any atom is 2.00 e. The van der Waals surface area contributed by atoms with Gasteiger partial charge in [-0.3, -0.25) is 0 Å². The molecule has 5 heteroatoms. The molecule has 0 amide bonds. The number of hydrogen-bond acceptors (Lipinski definition) is 4. The standard InChI is InChI=1S/C39H38N4.Pt/c1-27-18-19-40-37(22-27)42-20-8-12-30-14-16-32(24-35(30)42)39(3,4)33-17-15-31-13-9-21-43(36(31)25-33)38-23-28(2)34(26-41-38)29-10-6-5-7-11-29;/h5-7,10-11,14-19,22-23,26H,8-9,12-13,20-21H2,1-4H3;/q-2;+2/i5D,6D,7D,10D,11D;. The van der Waals surface area contributed by atoms with E-state index in [9.17, 15) is 0 Å². The summed E-state index contributed by atoms with van der Waals surface area (Å²) in [5, 5.41) is 0. The minimum Gasteiger partial charge on any atom is -0.350 e. The molecule has 2 aliphatic rings. The molecule has 224 valence electrons. The van der Waals surface area contributed by atoms with Gasteiger partial charge in [0.15, 0.2) is 0 Å². The molecule has 0 bridgehead atoms. The van der Waals surface area contributed by atoms with Crippen LogP contribution in [-0.2, 0) is 39.3 Å². The summed E-state index contributed by atoms with van der Waals surface area (Å²) < 4.78 is 41.1. The molecule has 7 rings (SSSR count). The fourth-order valence-corrected chi connectivity index (χ4v) is 6.32. The van der Waals surface area contributed by atoms with Gasteiger partial charge in [0, 0.05) is 31.0 Å². The molecule has 44 heavy (non-hydrogen) atoms. The Morgan fingerprint density at radius 2 is 1.36 bits per heavy atom. The van der Waals surface area contributed by atoms with Crippen LogP contribution in [0.25, 0.3) is 11.1 Å². The van der Waals surface area contributed by atoms with Crippen LogP contribution in [0.3, 0.4) is 0 Å². The van der Waals surface area contributed by atoms with Crippen molar-refractivity contribution < 1.29 is 27.9 Å². The molecule has 0 atom stereocenters. The fraction of sp³-hybridized carbons (Fsp3) is 0.282. The first-order chi connectivity index (χ1) is 23.0. The summed E-state index contributed by atoms with van der Waals surface area (Å²) >= 11 is 0. The molecule has 0 unspecified atom stereocenters. The van der Waals surface area contributed by atoms with Gasteiger partial charge in [-0.2, -0.15) is 47.5 Å². The molecule has 0 saturated heterocycles. The molecule has 0 N–H and O–H groups in total. The Bertz CT molecular complexity index is 2050. The van der Waals surface area contributed by atoms with Gasteiger partial charge in [0.2, 0.25) is 0 Å². The van der Waals surface area contributed by atoms with Crippen molar-refractivity contribution in [3.8, 4) is 11.1 Å². The van der Waals surface area contributed by atoms with Crippen molar-refractivity contribution in [1.82, 2.24) is 9.97 Å². The molecule has 2 aromatic heterocycles. The third kappa shape index (κ3) is 5.61. The van der Waals surface area contributed by atoms with E-state index in [0.717, 1.165) is 78.5 Å². The number of fused-ring (bicyclic) bond motifs is 2. The molecule has 0 radical (unpaired) electrons. The first-order valence-electron chi connectivity index (χ1n) is 17.6. The first kappa shape index (κ1) is 24.6. The summed E-state index contributed by atoms with van der Waals surface area (Å²) in [4.78, 5) is 14.0. The van der Waals surface area contributed by atoms with Crippen molar-refractivity contribution in [3.63, 3.8) is 0 Å². The normalized spacial score (nSPS) is 16.0. The Labute approximate surface area is 283 Å². The van der Waals surface area contributed by atoms with Crippen LogP contribution in [0.1, 0.15) is 66.9 Å². The van der Waals surface area contributed by atoms with Crippen LogP contribution in [-0.4, -0.2) is 23.1 Å². The van der Waals surface area contributed by atoms with E-state index in [0.29, 0.717) is 5.56 Å². The van der Waals surface area contributed by atoms with E-state index >= 15 is 0 Å². The van der Waals surface area contributed by atoms with Crippen LogP contribution >= 0.6 is 0 Å². The summed E-state index contributed by atoms with van der Waals surface area (Å²) in [7, 11) is 0. The zero-order valence-electron chi connectivity index (χ0n) is 30.5. The van der Waals surface area contributed by atoms with Crippen molar-refractivity contribution in [2.45, 2.75) is 58.8 Å². The molecule has 0 aliphatic carbocycles. The van der Waals surface area contributed by atoms with Crippen LogP contribution < -0.4 is 9.80 Å². The van der Waals surface area contributed by atoms with Crippen molar-refractivity contribution in [2.75, 3.05) is 22.9 Å². The molecule has 4 nitrogen and oxygen atoms in total. The van der Waals surface area contributed by atoms with Gasteiger partial charge in [-0.25, -0.2) is 9.97 Å². The number of hydrogen-bond donors (Lipinski definition) is 0. The molecule has 0 saturated carbocycles. The topological polar surface area (TPSA) is 32.3 Å². The predicted octanol–water partition coefficient (Wildman–Crippen LogP) is 8.85. The summed E-state index contributed by atoms with van der Waals surface area (Å²) in [5.74, 6) is 1.70. The number of rotatable bonds is 5. The quantitative estimate of drug-likeness (QED) is 0.168. The number of pyridine rings is 2. The second kappa shape index (κ2) is 12.3. The van der Waals surface area contributed by atoms with Gasteiger partial charge in [-0.1, -0.05) is 68.3 Å². The second-order valence-corrected chi connectivity index (χ2v) is 12.2. The molecule has 5 aromatic rings. The second-order valence-electron chi connectivity index (χ2n) is 12.2. The molecule has 3 aromatic carbocycles. The van der Waals surface area contributed by atoms with E-state index in [1.54, 1.807) is 6.20 Å². The SMILES string of the molecule is [2H]c1c([2H])c([2H])c(-c2cnc(N3CCCc4ccc(C(C)(C)c5[c-]c6c(cc5)CCCN6c5cc(C)ccn5)[c-]c43)cc2C)c([2H])c1[2H].[Pt+2]. The Balaban J connectivity index is 0.00000417. The fourth-order valence-electron chi connectivity index (χ4n) is 6.32. The molecule has 0 spiro atoms. The summed E-state index contributed by atoms with van der Waals surface area (Å²) in [6, 6.07) is 21.0. The minimum absolute atomic E-state index is 0. The largest absolute Gasteiger partial charge is 2.00 e. The summed E-state index contributed by atoms with van der Waals surface area (Å²) in [5.41, 5.74) is 9.05. The number of benzene rings is 3. The predicted molar refractivity (Wildman–Crippen MR) is 177 cm³/mol. The molecule has 0 fully saturated rings. The van der Waals surface area contributed by atoms with E-state index in [1.807, 2.05) is 25.3 Å². The number of aromatic nitrogens is 2. The zero-order valence-corrected chi connectivity index (χ0v) is 27.8. The van der Waals surface area contributed by atoms with E-state index in [1.165, 1.54) is 16.7 Å². The van der Waals surface area contributed by atoms with E-state index in [2.05, 4.69) is 73.0 Å². The van der Waals surface area contributed by atoms with Crippen LogP contribution in [0.4, 0.5) is 23.0 Å². The summed E-state index contributed by atoms with van der Waals surface area (Å²) in [6.07, 6.45) is 7.53. The molecule has 2 aliphatic heterocycles. The summed E-state index contributed by atoms with van der Waals surface area (Å²) in [6.45, 7) is 10.1. The number of aryl methyl sites for hydroxylation is 4. The van der Waals surface area contributed by atoms with Crippen LogP contribution in [0.15, 0.2) is 85.1 Å². The Morgan fingerprint density at radius 3 is 1.93 bits per heavy atom. The third-order valence-electron chi connectivity index (χ3n) is 8.88.